The van der Waals surface area contributed by atoms with Crippen LogP contribution in [0, 0.1) is 0 Å². The summed E-state index contributed by atoms with van der Waals surface area (Å²) in [4.78, 5) is 0.198. The third kappa shape index (κ3) is 5.62. The van der Waals surface area contributed by atoms with Crippen LogP contribution in [-0.2, 0) is 14.8 Å². The van der Waals surface area contributed by atoms with Gasteiger partial charge in [-0.15, -0.1) is 0 Å². The number of ether oxygens (including phenoxy) is 1. The predicted octanol–water partition coefficient (Wildman–Crippen LogP) is -0.466. The molecule has 0 saturated carbocycles. The highest BCUT2D eigenvalue weighted by Gasteiger charge is 2.25. The molecule has 1 heterocycles. The molecule has 0 radical (unpaired) electrons. The molecule has 1 aromatic rings. The van der Waals surface area contributed by atoms with E-state index < -0.39 is 41.0 Å². The number of sulfonamides is 1. The van der Waals surface area contributed by atoms with E-state index in [0.717, 1.165) is 0 Å². The summed E-state index contributed by atoms with van der Waals surface area (Å²) < 4.78 is 31.6. The van der Waals surface area contributed by atoms with Crippen molar-refractivity contribution in [1.29, 1.82) is 0 Å². The molecule has 2 unspecified atom stereocenters. The molecule has 21 heavy (non-hydrogen) atoms. The van der Waals surface area contributed by atoms with Crippen LogP contribution in [0.3, 0.4) is 0 Å². The summed E-state index contributed by atoms with van der Waals surface area (Å²) in [6.07, 6.45) is -3.79. The monoisotopic (exact) mass is 339 g/mol. The van der Waals surface area contributed by atoms with Crippen LogP contribution >= 0.6 is 11.3 Å². The van der Waals surface area contributed by atoms with Crippen LogP contribution < -0.4 is 4.72 Å². The molecule has 122 valence electrons. The Kier molecular flexibility index (Phi) is 7.21. The summed E-state index contributed by atoms with van der Waals surface area (Å²) >= 11 is 1.29. The number of nitrogens with one attached hydrogen (secondary N) is 1. The van der Waals surface area contributed by atoms with E-state index in [4.69, 9.17) is 9.84 Å². The van der Waals surface area contributed by atoms with E-state index in [0.29, 0.717) is 0 Å². The van der Waals surface area contributed by atoms with Crippen molar-refractivity contribution in [2.45, 2.75) is 43.2 Å². The van der Waals surface area contributed by atoms with Crippen LogP contribution in [0.4, 0.5) is 0 Å². The Morgan fingerprint density at radius 2 is 2.05 bits per heavy atom. The lowest BCUT2D eigenvalue weighted by molar-refractivity contribution is -0.111. The van der Waals surface area contributed by atoms with Crippen molar-refractivity contribution in [3.63, 3.8) is 0 Å². The average Bonchev–Trinajstić information content (AvgIpc) is 2.98. The zero-order chi connectivity index (χ0) is 16.0. The van der Waals surface area contributed by atoms with E-state index in [9.17, 15) is 18.6 Å². The maximum absolute atomic E-state index is 11.9. The standard InChI is InChI=1S/C12H21NO6S2/c1-8(19-9(2)12(16)11(15)6-14)5-13-21(17,18)10-3-4-20-7-10/h3-4,7-9,11-16H,5-6H2,1-2H3/t8-,9?,11+,12?/m0/s1. The fraction of sp³-hybridized carbons (Fsp3) is 0.667. The zero-order valence-electron chi connectivity index (χ0n) is 11.8. The fourth-order valence-electron chi connectivity index (χ4n) is 1.63. The van der Waals surface area contributed by atoms with Crippen molar-refractivity contribution in [1.82, 2.24) is 4.72 Å². The van der Waals surface area contributed by atoms with Crippen molar-refractivity contribution in [2.24, 2.45) is 0 Å². The van der Waals surface area contributed by atoms with Crippen LogP contribution in [0.1, 0.15) is 13.8 Å². The third-order valence-corrected chi connectivity index (χ3v) is 5.13. The highest BCUT2D eigenvalue weighted by atomic mass is 32.2. The van der Waals surface area contributed by atoms with Gasteiger partial charge in [0.25, 0.3) is 0 Å². The Hall–Kier alpha value is -0.550. The molecule has 1 aromatic heterocycles. The van der Waals surface area contributed by atoms with Gasteiger partial charge in [-0.3, -0.25) is 0 Å². The lowest BCUT2D eigenvalue weighted by Gasteiger charge is -2.26. The van der Waals surface area contributed by atoms with E-state index in [1.165, 1.54) is 29.7 Å². The molecular formula is C12H21NO6S2. The quantitative estimate of drug-likeness (QED) is 0.484. The lowest BCUT2D eigenvalue weighted by atomic mass is 10.1. The first-order valence-corrected chi connectivity index (χ1v) is 8.85. The summed E-state index contributed by atoms with van der Waals surface area (Å²) in [7, 11) is -3.56. The molecule has 7 nitrogen and oxygen atoms in total. The molecule has 0 spiro atoms. The molecule has 4 N–H and O–H groups in total. The fourth-order valence-corrected chi connectivity index (χ4v) is 3.78. The summed E-state index contributed by atoms with van der Waals surface area (Å²) in [5.74, 6) is 0. The van der Waals surface area contributed by atoms with Gasteiger partial charge in [-0.1, -0.05) is 0 Å². The van der Waals surface area contributed by atoms with Crippen LogP contribution in [0.2, 0.25) is 0 Å². The molecule has 1 rings (SSSR count). The van der Waals surface area contributed by atoms with Crippen molar-refractivity contribution in [3.8, 4) is 0 Å². The van der Waals surface area contributed by atoms with Gasteiger partial charge < -0.3 is 20.1 Å². The molecule has 0 aliphatic rings. The summed E-state index contributed by atoms with van der Waals surface area (Å²) in [6.45, 7) is 2.64. The van der Waals surface area contributed by atoms with Gasteiger partial charge >= 0.3 is 0 Å². The average molecular weight is 339 g/mol. The van der Waals surface area contributed by atoms with E-state index >= 15 is 0 Å². The maximum atomic E-state index is 11.9. The highest BCUT2D eigenvalue weighted by Crippen LogP contribution is 2.13. The molecule has 0 saturated heterocycles. The molecule has 0 aromatic carbocycles. The Balaban J connectivity index is 2.46. The molecule has 0 bridgehead atoms. The van der Waals surface area contributed by atoms with Gasteiger partial charge in [0.15, 0.2) is 0 Å². The highest BCUT2D eigenvalue weighted by molar-refractivity contribution is 7.89. The van der Waals surface area contributed by atoms with E-state index in [-0.39, 0.29) is 11.4 Å². The Morgan fingerprint density at radius 1 is 1.38 bits per heavy atom. The molecule has 0 amide bonds. The second-order valence-electron chi connectivity index (χ2n) is 4.70. The maximum Gasteiger partial charge on any atom is 0.241 e. The minimum Gasteiger partial charge on any atom is -0.394 e. The Labute approximate surface area is 128 Å². The summed E-state index contributed by atoms with van der Waals surface area (Å²) in [5, 5.41) is 30.9. The molecule has 0 fully saturated rings. The number of rotatable bonds is 9. The van der Waals surface area contributed by atoms with E-state index in [2.05, 4.69) is 4.72 Å². The van der Waals surface area contributed by atoms with E-state index in [1.54, 1.807) is 12.3 Å². The van der Waals surface area contributed by atoms with Crippen LogP contribution in [0.15, 0.2) is 21.7 Å². The second kappa shape index (κ2) is 8.18. The summed E-state index contributed by atoms with van der Waals surface area (Å²) in [5.41, 5.74) is 0. The van der Waals surface area contributed by atoms with Gasteiger partial charge in [0.2, 0.25) is 10.0 Å². The van der Waals surface area contributed by atoms with Crippen molar-refractivity contribution in [3.05, 3.63) is 16.8 Å². The SMILES string of the molecule is CC(O[C@@H](C)CNS(=O)(=O)c1ccsc1)C(O)[C@H](O)CO. The van der Waals surface area contributed by atoms with Crippen molar-refractivity contribution < 1.29 is 28.5 Å². The molecule has 9 heteroatoms. The van der Waals surface area contributed by atoms with Crippen LogP contribution in [0.5, 0.6) is 0 Å². The number of aliphatic hydroxyl groups is 3. The third-order valence-electron chi connectivity index (χ3n) is 2.88. The molecular weight excluding hydrogens is 318 g/mol. The van der Waals surface area contributed by atoms with E-state index in [1.807, 2.05) is 0 Å². The number of hydrogen-bond donors (Lipinski definition) is 4. The van der Waals surface area contributed by atoms with Gasteiger partial charge in [0.1, 0.15) is 12.2 Å². The molecule has 4 atom stereocenters. The predicted molar refractivity (Wildman–Crippen MR) is 78.6 cm³/mol. The second-order valence-corrected chi connectivity index (χ2v) is 7.25. The first-order valence-electron chi connectivity index (χ1n) is 6.42. The molecule has 0 aliphatic carbocycles. The van der Waals surface area contributed by atoms with Crippen LogP contribution in [-0.4, -0.2) is 61.3 Å². The zero-order valence-corrected chi connectivity index (χ0v) is 13.5. The first-order chi connectivity index (χ1) is 9.77. The lowest BCUT2D eigenvalue weighted by Crippen LogP contribution is -2.42. The topological polar surface area (TPSA) is 116 Å². The van der Waals surface area contributed by atoms with Gasteiger partial charge in [-0.05, 0) is 25.3 Å². The molecule has 0 aliphatic heterocycles. The summed E-state index contributed by atoms with van der Waals surface area (Å²) in [6, 6.07) is 1.50. The Bertz CT molecular complexity index is 504. The van der Waals surface area contributed by atoms with Gasteiger partial charge in [-0.2, -0.15) is 11.3 Å². The largest absolute Gasteiger partial charge is 0.394 e. The number of thiophene rings is 1. The smallest absolute Gasteiger partial charge is 0.241 e. The van der Waals surface area contributed by atoms with Gasteiger partial charge in [0, 0.05) is 11.9 Å². The number of aliphatic hydroxyl groups excluding tert-OH is 3. The minimum atomic E-state index is -3.56. The Morgan fingerprint density at radius 3 is 2.57 bits per heavy atom. The van der Waals surface area contributed by atoms with Gasteiger partial charge in [-0.25, -0.2) is 13.1 Å². The van der Waals surface area contributed by atoms with Gasteiger partial charge in [0.05, 0.1) is 23.7 Å². The number of hydrogen-bond acceptors (Lipinski definition) is 7. The van der Waals surface area contributed by atoms with Crippen LogP contribution in [0.25, 0.3) is 0 Å². The van der Waals surface area contributed by atoms with Crippen molar-refractivity contribution >= 4 is 21.4 Å². The normalized spacial score (nSPS) is 18.1. The van der Waals surface area contributed by atoms with Crippen molar-refractivity contribution in [2.75, 3.05) is 13.2 Å². The minimum absolute atomic E-state index is 0.0322. The first kappa shape index (κ1) is 18.5.